The van der Waals surface area contributed by atoms with Crippen molar-refractivity contribution in [1.82, 2.24) is 0 Å². The molecule has 0 aliphatic heterocycles. The number of para-hydroxylation sites is 1. The van der Waals surface area contributed by atoms with E-state index in [1.165, 1.54) is 16.7 Å². The summed E-state index contributed by atoms with van der Waals surface area (Å²) in [5.41, 5.74) is 9.65. The van der Waals surface area contributed by atoms with Gasteiger partial charge in [-0.2, -0.15) is 0 Å². The molecule has 2 aromatic rings. The Balaban J connectivity index is 2.24. The highest BCUT2D eigenvalue weighted by atomic mass is 16.5. The van der Waals surface area contributed by atoms with E-state index in [0.29, 0.717) is 0 Å². The molecule has 0 aromatic heterocycles. The van der Waals surface area contributed by atoms with Crippen LogP contribution < -0.4 is 10.5 Å². The average molecular weight is 269 g/mol. The molecule has 2 N–H and O–H groups in total. The van der Waals surface area contributed by atoms with Crippen molar-refractivity contribution in [2.75, 3.05) is 0 Å². The Morgan fingerprint density at radius 3 is 2.35 bits per heavy atom. The summed E-state index contributed by atoms with van der Waals surface area (Å²) in [5, 5.41) is 0. The van der Waals surface area contributed by atoms with Gasteiger partial charge in [-0.05, 0) is 61.6 Å². The summed E-state index contributed by atoms with van der Waals surface area (Å²) in [4.78, 5) is 0. The maximum atomic E-state index is 6.06. The zero-order valence-electron chi connectivity index (χ0n) is 12.5. The third kappa shape index (κ3) is 3.84. The first-order valence-electron chi connectivity index (χ1n) is 7.18. The molecular weight excluding hydrogens is 246 g/mol. The number of nitrogens with two attached hydrogens (primary N) is 1. The van der Waals surface area contributed by atoms with Gasteiger partial charge in [0, 0.05) is 6.04 Å². The third-order valence-electron chi connectivity index (χ3n) is 3.40. The smallest absolute Gasteiger partial charge is 0.130 e. The third-order valence-corrected chi connectivity index (χ3v) is 3.40. The van der Waals surface area contributed by atoms with Gasteiger partial charge in [-0.1, -0.05) is 31.2 Å². The van der Waals surface area contributed by atoms with Crippen LogP contribution in [0.4, 0.5) is 0 Å². The zero-order chi connectivity index (χ0) is 14.5. The highest BCUT2D eigenvalue weighted by Gasteiger charge is 2.08. The van der Waals surface area contributed by atoms with Gasteiger partial charge < -0.3 is 10.5 Å². The van der Waals surface area contributed by atoms with Crippen LogP contribution in [-0.2, 0) is 6.42 Å². The van der Waals surface area contributed by atoms with E-state index in [9.17, 15) is 0 Å². The molecule has 2 nitrogen and oxygen atoms in total. The van der Waals surface area contributed by atoms with Crippen LogP contribution in [0.25, 0.3) is 0 Å². The predicted octanol–water partition coefficient (Wildman–Crippen LogP) is 4.38. The number of hydrogen-bond acceptors (Lipinski definition) is 2. The molecule has 0 radical (unpaired) electrons. The average Bonchev–Trinajstić information content (AvgIpc) is 2.39. The van der Waals surface area contributed by atoms with Gasteiger partial charge in [0.05, 0.1) is 0 Å². The molecule has 2 rings (SSSR count). The lowest BCUT2D eigenvalue weighted by atomic mass is 10.0. The summed E-state index contributed by atoms with van der Waals surface area (Å²) in [6.45, 7) is 6.27. The van der Waals surface area contributed by atoms with Gasteiger partial charge in [-0.15, -0.1) is 0 Å². The van der Waals surface area contributed by atoms with Gasteiger partial charge in [0.2, 0.25) is 0 Å². The lowest BCUT2D eigenvalue weighted by Gasteiger charge is -2.14. The second-order valence-electron chi connectivity index (χ2n) is 5.41. The maximum Gasteiger partial charge on any atom is 0.130 e. The van der Waals surface area contributed by atoms with E-state index in [4.69, 9.17) is 10.5 Å². The number of hydrogen-bond donors (Lipinski definition) is 1. The Labute approximate surface area is 121 Å². The van der Waals surface area contributed by atoms with Crippen LogP contribution in [-0.4, -0.2) is 6.04 Å². The van der Waals surface area contributed by atoms with Crippen molar-refractivity contribution in [3.8, 4) is 11.5 Å². The summed E-state index contributed by atoms with van der Waals surface area (Å²) < 4.78 is 6.06. The monoisotopic (exact) mass is 269 g/mol. The minimum Gasteiger partial charge on any atom is -0.457 e. The molecule has 2 aromatic carbocycles. The molecule has 0 aliphatic carbocycles. The van der Waals surface area contributed by atoms with Crippen molar-refractivity contribution in [3.05, 3.63) is 59.2 Å². The summed E-state index contributed by atoms with van der Waals surface area (Å²) in [5.74, 6) is 1.79. The van der Waals surface area contributed by atoms with Crippen LogP contribution in [0.1, 0.15) is 30.0 Å². The van der Waals surface area contributed by atoms with Gasteiger partial charge in [-0.25, -0.2) is 0 Å². The van der Waals surface area contributed by atoms with E-state index in [2.05, 4.69) is 45.0 Å². The van der Waals surface area contributed by atoms with Crippen molar-refractivity contribution in [2.45, 2.75) is 39.7 Å². The molecule has 20 heavy (non-hydrogen) atoms. The van der Waals surface area contributed by atoms with E-state index < -0.39 is 0 Å². The Morgan fingerprint density at radius 2 is 1.70 bits per heavy atom. The summed E-state index contributed by atoms with van der Waals surface area (Å²) >= 11 is 0. The van der Waals surface area contributed by atoms with Crippen molar-refractivity contribution in [1.29, 1.82) is 0 Å². The van der Waals surface area contributed by atoms with Crippen LogP contribution in [0.2, 0.25) is 0 Å². The number of rotatable bonds is 5. The zero-order valence-corrected chi connectivity index (χ0v) is 12.5. The largest absolute Gasteiger partial charge is 0.457 e. The highest BCUT2D eigenvalue weighted by Crippen LogP contribution is 2.27. The molecule has 0 fully saturated rings. The predicted molar refractivity (Wildman–Crippen MR) is 84.4 cm³/mol. The van der Waals surface area contributed by atoms with Gasteiger partial charge >= 0.3 is 0 Å². The van der Waals surface area contributed by atoms with E-state index in [0.717, 1.165) is 24.3 Å². The summed E-state index contributed by atoms with van der Waals surface area (Å²) in [6, 6.07) is 14.6. The SMILES string of the molecule is CCC(N)Cc1ccccc1Oc1cc(C)cc(C)c1. The molecule has 2 heteroatoms. The highest BCUT2D eigenvalue weighted by molar-refractivity contribution is 5.40. The second-order valence-corrected chi connectivity index (χ2v) is 5.41. The topological polar surface area (TPSA) is 35.2 Å². The Hall–Kier alpha value is -1.80. The van der Waals surface area contributed by atoms with Gasteiger partial charge in [-0.3, -0.25) is 0 Å². The lowest BCUT2D eigenvalue weighted by Crippen LogP contribution is -2.21. The minimum absolute atomic E-state index is 0.180. The fourth-order valence-corrected chi connectivity index (χ4v) is 2.32. The molecule has 106 valence electrons. The van der Waals surface area contributed by atoms with Crippen molar-refractivity contribution < 1.29 is 4.74 Å². The maximum absolute atomic E-state index is 6.06. The van der Waals surface area contributed by atoms with E-state index in [1.807, 2.05) is 18.2 Å². The first kappa shape index (κ1) is 14.6. The molecular formula is C18H23NO. The van der Waals surface area contributed by atoms with E-state index >= 15 is 0 Å². The Bertz CT molecular complexity index is 557. The first-order valence-corrected chi connectivity index (χ1v) is 7.18. The fourth-order valence-electron chi connectivity index (χ4n) is 2.32. The molecule has 0 aliphatic rings. The standard InChI is InChI=1S/C18H23NO/c1-4-16(19)12-15-7-5-6-8-18(15)20-17-10-13(2)9-14(3)11-17/h5-11,16H,4,12,19H2,1-3H3. The number of aryl methyl sites for hydroxylation is 2. The minimum atomic E-state index is 0.180. The molecule has 0 saturated carbocycles. The van der Waals surface area contributed by atoms with E-state index in [-0.39, 0.29) is 6.04 Å². The van der Waals surface area contributed by atoms with Crippen LogP contribution >= 0.6 is 0 Å². The van der Waals surface area contributed by atoms with Crippen molar-refractivity contribution in [3.63, 3.8) is 0 Å². The van der Waals surface area contributed by atoms with Crippen LogP contribution in [0.15, 0.2) is 42.5 Å². The number of benzene rings is 2. The first-order chi connectivity index (χ1) is 9.58. The van der Waals surface area contributed by atoms with Crippen LogP contribution in [0.5, 0.6) is 11.5 Å². The Kier molecular flexibility index (Phi) is 4.80. The summed E-state index contributed by atoms with van der Waals surface area (Å²) in [6.07, 6.45) is 1.81. The summed E-state index contributed by atoms with van der Waals surface area (Å²) in [7, 11) is 0. The molecule has 0 amide bonds. The van der Waals surface area contributed by atoms with Crippen molar-refractivity contribution in [2.24, 2.45) is 5.73 Å². The normalized spacial score (nSPS) is 12.2. The molecule has 1 unspecified atom stereocenters. The van der Waals surface area contributed by atoms with Crippen molar-refractivity contribution >= 4 is 0 Å². The van der Waals surface area contributed by atoms with Gasteiger partial charge in [0.25, 0.3) is 0 Å². The quantitative estimate of drug-likeness (QED) is 0.874. The van der Waals surface area contributed by atoms with Crippen LogP contribution in [0.3, 0.4) is 0 Å². The lowest BCUT2D eigenvalue weighted by molar-refractivity contribution is 0.471. The molecule has 1 atom stereocenters. The molecule has 0 heterocycles. The number of ether oxygens (including phenoxy) is 1. The second kappa shape index (κ2) is 6.58. The molecule has 0 bridgehead atoms. The van der Waals surface area contributed by atoms with Gasteiger partial charge in [0.1, 0.15) is 11.5 Å². The molecule has 0 spiro atoms. The Morgan fingerprint density at radius 1 is 1.05 bits per heavy atom. The fraction of sp³-hybridized carbons (Fsp3) is 0.333. The van der Waals surface area contributed by atoms with Crippen LogP contribution in [0, 0.1) is 13.8 Å². The molecule has 0 saturated heterocycles. The van der Waals surface area contributed by atoms with Gasteiger partial charge in [0.15, 0.2) is 0 Å². The van der Waals surface area contributed by atoms with E-state index in [1.54, 1.807) is 0 Å².